The number of nitrogens with one attached hydrogen (secondary N) is 2. The molecule has 0 aliphatic carbocycles. The third kappa shape index (κ3) is 5.28. The molecule has 2 N–H and O–H groups in total. The minimum absolute atomic E-state index is 0.320. The zero-order chi connectivity index (χ0) is 20.8. The molecule has 3 amide bonds. The summed E-state index contributed by atoms with van der Waals surface area (Å²) in [5.74, 6) is -2.22. The van der Waals surface area contributed by atoms with E-state index in [0.29, 0.717) is 0 Å². The molecule has 1 heterocycles. The fraction of sp³-hybridized carbons (Fsp3) is 0.381. The van der Waals surface area contributed by atoms with E-state index in [1.165, 1.54) is 11.8 Å². The Morgan fingerprint density at radius 2 is 1.75 bits per heavy atom. The van der Waals surface area contributed by atoms with Crippen LogP contribution in [0, 0.1) is 5.92 Å². The van der Waals surface area contributed by atoms with Crippen molar-refractivity contribution in [2.75, 3.05) is 7.05 Å². The first kappa shape index (κ1) is 21.3. The average molecular weight is 387 g/mol. The van der Waals surface area contributed by atoms with Gasteiger partial charge in [0.25, 0.3) is 11.8 Å². The van der Waals surface area contributed by atoms with E-state index in [2.05, 4.69) is 10.6 Å². The first-order valence-corrected chi connectivity index (χ1v) is 9.17. The molecule has 3 atom stereocenters. The van der Waals surface area contributed by atoms with E-state index in [9.17, 15) is 18.8 Å². The Hall–Kier alpha value is -2.96. The maximum atomic E-state index is 13.8. The maximum Gasteiger partial charge on any atom is 0.255 e. The summed E-state index contributed by atoms with van der Waals surface area (Å²) in [6.07, 6.45) is 3.37. The summed E-state index contributed by atoms with van der Waals surface area (Å²) in [6.45, 7) is 4.61. The molecule has 0 saturated carbocycles. The normalized spacial score (nSPS) is 18.9. The van der Waals surface area contributed by atoms with Crippen molar-refractivity contribution in [2.24, 2.45) is 5.92 Å². The largest absolute Gasteiger partial charge is 0.342 e. The van der Waals surface area contributed by atoms with Crippen molar-refractivity contribution in [1.29, 1.82) is 0 Å². The molecule has 0 spiro atoms. The first-order valence-electron chi connectivity index (χ1n) is 9.17. The summed E-state index contributed by atoms with van der Waals surface area (Å²) < 4.78 is 13.8. The monoisotopic (exact) mass is 387 g/mol. The second-order valence-electron chi connectivity index (χ2n) is 7.12. The minimum Gasteiger partial charge on any atom is -0.342 e. The number of nitrogens with zero attached hydrogens (tertiary/aromatic N) is 1. The van der Waals surface area contributed by atoms with Gasteiger partial charge in [0.2, 0.25) is 5.91 Å². The van der Waals surface area contributed by atoms with Crippen LogP contribution in [-0.4, -0.2) is 47.9 Å². The fourth-order valence-electron chi connectivity index (χ4n) is 2.67. The summed E-state index contributed by atoms with van der Waals surface area (Å²) in [5.41, 5.74) is 1.76. The molecule has 1 aromatic rings. The van der Waals surface area contributed by atoms with Crippen LogP contribution in [0.25, 0.3) is 5.57 Å². The highest BCUT2D eigenvalue weighted by molar-refractivity contribution is 5.95. The van der Waals surface area contributed by atoms with E-state index in [1.54, 1.807) is 39.2 Å². The van der Waals surface area contributed by atoms with Crippen molar-refractivity contribution < 1.29 is 18.8 Å². The predicted octanol–water partition coefficient (Wildman–Crippen LogP) is 2.04. The van der Waals surface area contributed by atoms with E-state index in [4.69, 9.17) is 0 Å². The molecule has 1 aliphatic rings. The molecule has 0 fully saturated rings. The molecular weight excluding hydrogens is 361 g/mol. The highest BCUT2D eigenvalue weighted by Crippen LogP contribution is 2.19. The summed E-state index contributed by atoms with van der Waals surface area (Å²) in [7, 11) is 1.61. The Labute approximate surface area is 164 Å². The second-order valence-corrected chi connectivity index (χ2v) is 7.12. The summed E-state index contributed by atoms with van der Waals surface area (Å²) in [5, 5.41) is 4.94. The lowest BCUT2D eigenvalue weighted by Crippen LogP contribution is -2.52. The molecule has 2 rings (SSSR count). The lowest BCUT2D eigenvalue weighted by molar-refractivity contribution is -0.134. The minimum atomic E-state index is -1.70. The molecule has 0 bridgehead atoms. The van der Waals surface area contributed by atoms with E-state index < -0.39 is 36.0 Å². The SMILES string of the molecule is CC(C)C(F)C(=O)N[C@@H](C)C(=O)NC1C=CC(c2ccccc2)=CN(C)C1=O. The van der Waals surface area contributed by atoms with Gasteiger partial charge in [0.05, 0.1) is 0 Å². The summed E-state index contributed by atoms with van der Waals surface area (Å²) in [4.78, 5) is 38.2. The van der Waals surface area contributed by atoms with Crippen molar-refractivity contribution in [3.63, 3.8) is 0 Å². The highest BCUT2D eigenvalue weighted by Gasteiger charge is 2.28. The van der Waals surface area contributed by atoms with Crippen molar-refractivity contribution in [3.05, 3.63) is 54.2 Å². The molecule has 2 unspecified atom stereocenters. The van der Waals surface area contributed by atoms with Crippen LogP contribution in [0.4, 0.5) is 4.39 Å². The molecule has 150 valence electrons. The molecule has 0 saturated heterocycles. The van der Waals surface area contributed by atoms with Gasteiger partial charge in [-0.3, -0.25) is 14.4 Å². The van der Waals surface area contributed by atoms with Crippen LogP contribution < -0.4 is 10.6 Å². The van der Waals surface area contributed by atoms with Crippen LogP contribution in [0.1, 0.15) is 26.3 Å². The van der Waals surface area contributed by atoms with Gasteiger partial charge in [0, 0.05) is 13.2 Å². The van der Waals surface area contributed by atoms with Crippen molar-refractivity contribution in [2.45, 2.75) is 39.0 Å². The highest BCUT2D eigenvalue weighted by atomic mass is 19.1. The van der Waals surface area contributed by atoms with Crippen LogP contribution >= 0.6 is 0 Å². The molecule has 1 aromatic carbocycles. The van der Waals surface area contributed by atoms with Crippen molar-refractivity contribution >= 4 is 23.3 Å². The molecule has 0 aromatic heterocycles. The van der Waals surface area contributed by atoms with Crippen LogP contribution in [0.15, 0.2) is 48.7 Å². The topological polar surface area (TPSA) is 78.5 Å². The third-order valence-electron chi connectivity index (χ3n) is 4.41. The number of benzene rings is 1. The Morgan fingerprint density at radius 1 is 1.11 bits per heavy atom. The van der Waals surface area contributed by atoms with E-state index >= 15 is 0 Å². The number of amides is 3. The van der Waals surface area contributed by atoms with E-state index in [-0.39, 0.29) is 5.91 Å². The van der Waals surface area contributed by atoms with Gasteiger partial charge >= 0.3 is 0 Å². The Bertz CT molecular complexity index is 789. The number of halogens is 1. The number of carbonyl (C=O) groups excluding carboxylic acids is 3. The zero-order valence-electron chi connectivity index (χ0n) is 16.5. The molecular formula is C21H26FN3O3. The Morgan fingerprint density at radius 3 is 2.36 bits per heavy atom. The van der Waals surface area contributed by atoms with E-state index in [1.807, 2.05) is 30.3 Å². The average Bonchev–Trinajstić information content (AvgIpc) is 2.81. The van der Waals surface area contributed by atoms with Gasteiger partial charge in [-0.1, -0.05) is 56.3 Å². The van der Waals surface area contributed by atoms with Crippen molar-refractivity contribution in [1.82, 2.24) is 15.5 Å². The maximum absolute atomic E-state index is 13.8. The molecule has 1 aliphatic heterocycles. The Balaban J connectivity index is 2.06. The number of likely N-dealkylation sites (N-methyl/N-ethyl adjacent to an activating group) is 1. The van der Waals surface area contributed by atoms with Crippen molar-refractivity contribution in [3.8, 4) is 0 Å². The van der Waals surface area contributed by atoms with Gasteiger partial charge in [0.1, 0.15) is 12.1 Å². The van der Waals surface area contributed by atoms with Gasteiger partial charge in [-0.25, -0.2) is 4.39 Å². The fourth-order valence-corrected chi connectivity index (χ4v) is 2.67. The van der Waals surface area contributed by atoms with Crippen LogP contribution in [-0.2, 0) is 14.4 Å². The summed E-state index contributed by atoms with van der Waals surface area (Å²) >= 11 is 0. The van der Waals surface area contributed by atoms with Gasteiger partial charge in [-0.15, -0.1) is 0 Å². The smallest absolute Gasteiger partial charge is 0.255 e. The Kier molecular flexibility index (Phi) is 7.09. The molecule has 7 heteroatoms. The quantitative estimate of drug-likeness (QED) is 0.784. The van der Waals surface area contributed by atoms with Crippen LogP contribution in [0.5, 0.6) is 0 Å². The predicted molar refractivity (Wildman–Crippen MR) is 106 cm³/mol. The number of alkyl halides is 1. The third-order valence-corrected chi connectivity index (χ3v) is 4.41. The lowest BCUT2D eigenvalue weighted by atomic mass is 10.1. The molecule has 6 nitrogen and oxygen atoms in total. The number of hydrogen-bond donors (Lipinski definition) is 2. The second kappa shape index (κ2) is 9.30. The number of rotatable bonds is 6. The van der Waals surface area contributed by atoms with Gasteiger partial charge in [-0.2, -0.15) is 0 Å². The van der Waals surface area contributed by atoms with Crippen LogP contribution in [0.2, 0.25) is 0 Å². The number of allylic oxidation sites excluding steroid dienone is 2. The zero-order valence-corrected chi connectivity index (χ0v) is 16.5. The summed E-state index contributed by atoms with van der Waals surface area (Å²) in [6, 6.07) is 7.69. The number of hydrogen-bond acceptors (Lipinski definition) is 3. The first-order chi connectivity index (χ1) is 13.2. The van der Waals surface area contributed by atoms with Gasteiger partial charge in [0.15, 0.2) is 6.17 Å². The van der Waals surface area contributed by atoms with Crippen LogP contribution in [0.3, 0.4) is 0 Å². The molecule has 0 radical (unpaired) electrons. The van der Waals surface area contributed by atoms with Gasteiger partial charge in [-0.05, 0) is 24.0 Å². The molecule has 28 heavy (non-hydrogen) atoms. The number of carbonyl (C=O) groups is 3. The van der Waals surface area contributed by atoms with Gasteiger partial charge < -0.3 is 15.5 Å². The standard InChI is InChI=1S/C21H26FN3O3/c1-13(2)18(22)20(27)23-14(3)19(26)24-17-11-10-16(12-25(4)21(17)28)15-8-6-5-7-9-15/h5-14,17-18H,1-4H3,(H,23,27)(H,24,26)/t14-,17?,18?/m0/s1. The lowest BCUT2D eigenvalue weighted by Gasteiger charge is -2.21. The van der Waals surface area contributed by atoms with E-state index in [0.717, 1.165) is 11.1 Å².